The van der Waals surface area contributed by atoms with E-state index in [0.717, 1.165) is 16.9 Å². The Hall–Kier alpha value is -1.22. The van der Waals surface area contributed by atoms with E-state index in [1.54, 1.807) is 6.33 Å². The molecule has 0 aliphatic heterocycles. The molecule has 17 heavy (non-hydrogen) atoms. The number of aliphatic hydroxyl groups excluding tert-OH is 1. The van der Waals surface area contributed by atoms with Crippen molar-refractivity contribution < 1.29 is 5.11 Å². The molecule has 2 heterocycles. The number of rotatable bonds is 4. The fraction of sp³-hybridized carbons (Fsp3) is 0.300. The Morgan fingerprint density at radius 3 is 3.18 bits per heavy atom. The summed E-state index contributed by atoms with van der Waals surface area (Å²) in [6.45, 7) is 2.55. The molecule has 2 aromatic rings. The number of hydrogen-bond acceptors (Lipinski definition) is 5. The van der Waals surface area contributed by atoms with Gasteiger partial charge in [0.2, 0.25) is 0 Å². The molecule has 7 heteroatoms. The molecule has 0 aliphatic carbocycles. The number of nitrogens with one attached hydrogen (secondary N) is 2. The van der Waals surface area contributed by atoms with Crippen LogP contribution in [0.4, 0.5) is 5.82 Å². The van der Waals surface area contributed by atoms with Crippen LogP contribution in [0.15, 0.2) is 18.0 Å². The van der Waals surface area contributed by atoms with Crippen molar-refractivity contribution in [3.8, 4) is 0 Å². The maximum Gasteiger partial charge on any atom is 0.194 e. The average molecular weight is 345 g/mol. The maximum absolute atomic E-state index is 8.88. The lowest BCUT2D eigenvalue weighted by Gasteiger charge is -2.04. The predicted octanol–water partition coefficient (Wildman–Crippen LogP) is 1.31. The quantitative estimate of drug-likeness (QED) is 0.442. The summed E-state index contributed by atoms with van der Waals surface area (Å²) in [6.07, 6.45) is 3.51. The molecule has 3 N–H and O–H groups in total. The summed E-state index contributed by atoms with van der Waals surface area (Å²) in [5.74, 6) is 0.721. The van der Waals surface area contributed by atoms with E-state index in [-0.39, 0.29) is 6.61 Å². The number of hydrogen-bond donors (Lipinski definition) is 3. The molecule has 0 atom stereocenters. The smallest absolute Gasteiger partial charge is 0.194 e. The van der Waals surface area contributed by atoms with E-state index in [4.69, 9.17) is 5.11 Å². The van der Waals surface area contributed by atoms with Gasteiger partial charge in [0.15, 0.2) is 15.3 Å². The fourth-order valence-electron chi connectivity index (χ4n) is 1.32. The molecular weight excluding hydrogens is 333 g/mol. The number of imidazole rings is 1. The van der Waals surface area contributed by atoms with Gasteiger partial charge in [-0.25, -0.2) is 15.0 Å². The van der Waals surface area contributed by atoms with Crippen molar-refractivity contribution in [3.63, 3.8) is 0 Å². The Bertz CT molecular complexity index is 551. The van der Waals surface area contributed by atoms with Crippen LogP contribution in [0.1, 0.15) is 6.92 Å². The molecule has 0 spiro atoms. The van der Waals surface area contributed by atoms with Crippen molar-refractivity contribution in [2.45, 2.75) is 6.92 Å². The zero-order valence-electron chi connectivity index (χ0n) is 9.24. The van der Waals surface area contributed by atoms with Gasteiger partial charge in [-0.3, -0.25) is 0 Å². The average Bonchev–Trinajstić information content (AvgIpc) is 2.76. The van der Waals surface area contributed by atoms with Crippen molar-refractivity contribution >= 4 is 39.6 Å². The number of anilines is 1. The van der Waals surface area contributed by atoms with Gasteiger partial charge in [-0.2, -0.15) is 0 Å². The molecule has 90 valence electrons. The number of aromatic amines is 1. The van der Waals surface area contributed by atoms with Crippen LogP contribution in [-0.4, -0.2) is 38.2 Å². The van der Waals surface area contributed by atoms with E-state index in [2.05, 4.69) is 47.8 Å². The molecule has 2 aromatic heterocycles. The molecule has 0 amide bonds. The Labute approximate surface area is 112 Å². The highest BCUT2D eigenvalue weighted by Gasteiger charge is 2.07. The predicted molar refractivity (Wildman–Crippen MR) is 73.7 cm³/mol. The summed E-state index contributed by atoms with van der Waals surface area (Å²) in [4.78, 5) is 15.6. The highest BCUT2D eigenvalue weighted by atomic mass is 127. The summed E-state index contributed by atoms with van der Waals surface area (Å²) < 4.78 is 0.646. The Kier molecular flexibility index (Phi) is 3.89. The Morgan fingerprint density at radius 1 is 1.59 bits per heavy atom. The largest absolute Gasteiger partial charge is 0.392 e. The van der Waals surface area contributed by atoms with Crippen LogP contribution in [0, 0.1) is 3.83 Å². The zero-order chi connectivity index (χ0) is 12.3. The third-order valence-electron chi connectivity index (χ3n) is 2.23. The summed E-state index contributed by atoms with van der Waals surface area (Å²) in [6, 6.07) is 0. The lowest BCUT2D eigenvalue weighted by atomic mass is 10.3. The first kappa shape index (κ1) is 12.2. The molecule has 0 aromatic carbocycles. The van der Waals surface area contributed by atoms with Crippen LogP contribution in [-0.2, 0) is 0 Å². The van der Waals surface area contributed by atoms with Crippen LogP contribution in [0.5, 0.6) is 0 Å². The van der Waals surface area contributed by atoms with Gasteiger partial charge >= 0.3 is 0 Å². The van der Waals surface area contributed by atoms with Gasteiger partial charge in [0, 0.05) is 29.1 Å². The van der Waals surface area contributed by atoms with E-state index in [0.29, 0.717) is 16.0 Å². The topological polar surface area (TPSA) is 86.7 Å². The van der Waals surface area contributed by atoms with Gasteiger partial charge in [-0.1, -0.05) is 11.6 Å². The van der Waals surface area contributed by atoms with E-state index in [9.17, 15) is 0 Å². The first-order chi connectivity index (χ1) is 8.20. The Morgan fingerprint density at radius 2 is 2.41 bits per heavy atom. The van der Waals surface area contributed by atoms with E-state index in [1.165, 1.54) is 0 Å². The number of fused-ring (bicyclic) bond motifs is 1. The molecule has 0 bridgehead atoms. The molecule has 2 rings (SSSR count). The second-order valence-electron chi connectivity index (χ2n) is 3.53. The lowest BCUT2D eigenvalue weighted by molar-refractivity contribution is 0.331. The highest BCUT2D eigenvalue weighted by molar-refractivity contribution is 14.1. The van der Waals surface area contributed by atoms with Gasteiger partial charge in [0.25, 0.3) is 0 Å². The van der Waals surface area contributed by atoms with Crippen molar-refractivity contribution in [2.24, 2.45) is 0 Å². The number of nitrogens with zero attached hydrogens (tertiary/aromatic N) is 3. The number of aromatic nitrogens is 4. The minimum absolute atomic E-state index is 0.0719. The minimum atomic E-state index is 0.0719. The second kappa shape index (κ2) is 5.41. The summed E-state index contributed by atoms with van der Waals surface area (Å²) in [5, 5.41) is 12.0. The fourth-order valence-corrected chi connectivity index (χ4v) is 1.79. The van der Waals surface area contributed by atoms with Crippen LogP contribution < -0.4 is 5.32 Å². The molecule has 0 saturated heterocycles. The van der Waals surface area contributed by atoms with Crippen molar-refractivity contribution in [3.05, 3.63) is 21.8 Å². The zero-order valence-corrected chi connectivity index (χ0v) is 11.4. The van der Waals surface area contributed by atoms with Gasteiger partial charge in [-0.15, -0.1) is 0 Å². The van der Waals surface area contributed by atoms with Gasteiger partial charge in [-0.05, 0) is 6.92 Å². The first-order valence-corrected chi connectivity index (χ1v) is 6.15. The van der Waals surface area contributed by atoms with Gasteiger partial charge in [0.1, 0.15) is 5.52 Å². The normalized spacial score (nSPS) is 12.1. The lowest BCUT2D eigenvalue weighted by Crippen LogP contribution is -2.04. The van der Waals surface area contributed by atoms with E-state index >= 15 is 0 Å². The monoisotopic (exact) mass is 345 g/mol. The molecule has 0 aliphatic rings. The van der Waals surface area contributed by atoms with Crippen molar-refractivity contribution in [2.75, 3.05) is 18.5 Å². The van der Waals surface area contributed by atoms with Crippen LogP contribution in [0.2, 0.25) is 0 Å². The molecule has 6 nitrogen and oxygen atoms in total. The summed E-state index contributed by atoms with van der Waals surface area (Å²) >= 11 is 2.05. The van der Waals surface area contributed by atoms with E-state index < -0.39 is 0 Å². The standard InChI is InChI=1S/C10H12IN5O/c1-6(4-17)2-3-12-8-7-9(14-5-13-7)16-10(11)15-8/h2,5,17H,3-4H2,1H3,(H2,12,13,14,15,16)/b6-2+. The van der Waals surface area contributed by atoms with Gasteiger partial charge in [0.05, 0.1) is 12.9 Å². The summed E-state index contributed by atoms with van der Waals surface area (Å²) in [5.41, 5.74) is 2.36. The minimum Gasteiger partial charge on any atom is -0.392 e. The molecule has 0 fully saturated rings. The SMILES string of the molecule is C/C(=C\CNc1nc(I)nc2nc[nH]c12)CO. The van der Waals surface area contributed by atoms with Gasteiger partial charge < -0.3 is 15.4 Å². The second-order valence-corrected chi connectivity index (χ2v) is 4.50. The van der Waals surface area contributed by atoms with Crippen molar-refractivity contribution in [1.82, 2.24) is 19.9 Å². The van der Waals surface area contributed by atoms with Crippen molar-refractivity contribution in [1.29, 1.82) is 0 Å². The molecule has 0 saturated carbocycles. The maximum atomic E-state index is 8.88. The van der Waals surface area contributed by atoms with Crippen LogP contribution in [0.3, 0.4) is 0 Å². The first-order valence-electron chi connectivity index (χ1n) is 5.07. The van der Waals surface area contributed by atoms with Crippen LogP contribution >= 0.6 is 22.6 Å². The molecule has 0 radical (unpaired) electrons. The number of halogens is 1. The number of H-pyrrole nitrogens is 1. The van der Waals surface area contributed by atoms with E-state index in [1.807, 2.05) is 13.0 Å². The number of aliphatic hydroxyl groups is 1. The third kappa shape index (κ3) is 2.91. The molecular formula is C10H12IN5O. The van der Waals surface area contributed by atoms with Crippen LogP contribution in [0.25, 0.3) is 11.2 Å². The summed E-state index contributed by atoms with van der Waals surface area (Å²) in [7, 11) is 0. The molecule has 0 unspecified atom stereocenters. The Balaban J connectivity index is 2.20. The third-order valence-corrected chi connectivity index (χ3v) is 2.71. The highest BCUT2D eigenvalue weighted by Crippen LogP contribution is 2.16.